The number of hydrogen-bond donors (Lipinski definition) is 0. The summed E-state index contributed by atoms with van der Waals surface area (Å²) in [7, 11) is 0. The lowest BCUT2D eigenvalue weighted by molar-refractivity contribution is -0.126. The molecule has 0 aromatic heterocycles. The van der Waals surface area contributed by atoms with Crippen molar-refractivity contribution in [3.8, 4) is 0 Å². The number of hydrogen-bond acceptors (Lipinski definition) is 1. The summed E-state index contributed by atoms with van der Waals surface area (Å²) >= 11 is 5.89. The lowest BCUT2D eigenvalue weighted by Crippen LogP contribution is -2.32. The molecule has 1 atom stereocenters. The first-order valence-electron chi connectivity index (χ1n) is 8.50. The second-order valence-corrected chi connectivity index (χ2v) is 6.71. The average molecular weight is 340 g/mol. The largest absolute Gasteiger partial charge is 0.339 e. The maximum Gasteiger partial charge on any atom is 0.246 e. The van der Waals surface area contributed by atoms with Crippen molar-refractivity contribution in [2.75, 3.05) is 13.1 Å². The van der Waals surface area contributed by atoms with E-state index >= 15 is 0 Å². The zero-order valence-corrected chi connectivity index (χ0v) is 14.5. The van der Waals surface area contributed by atoms with Gasteiger partial charge in [-0.05, 0) is 42.2 Å². The van der Waals surface area contributed by atoms with Gasteiger partial charge in [0.05, 0.1) is 0 Å². The molecule has 3 rings (SSSR count). The van der Waals surface area contributed by atoms with E-state index in [-0.39, 0.29) is 5.91 Å². The summed E-state index contributed by atoms with van der Waals surface area (Å²) in [4.78, 5) is 14.6. The molecule has 1 aliphatic rings. The maximum atomic E-state index is 12.6. The SMILES string of the molecule is O=C(/C=C/c1ccc(Cl)cc1)N1CCCCC(c2ccccc2)C1. The number of carbonyl (C=O) groups is 1. The van der Waals surface area contributed by atoms with Crippen LogP contribution in [0, 0.1) is 0 Å². The van der Waals surface area contributed by atoms with E-state index in [1.165, 1.54) is 12.0 Å². The third-order valence-corrected chi connectivity index (χ3v) is 4.79. The van der Waals surface area contributed by atoms with Crippen molar-refractivity contribution >= 4 is 23.6 Å². The monoisotopic (exact) mass is 339 g/mol. The van der Waals surface area contributed by atoms with Crippen LogP contribution in [0.4, 0.5) is 0 Å². The molecule has 2 aromatic carbocycles. The molecule has 1 heterocycles. The second kappa shape index (κ2) is 8.16. The predicted octanol–water partition coefficient (Wildman–Crippen LogP) is 5.15. The Bertz CT molecular complexity index is 694. The van der Waals surface area contributed by atoms with Crippen LogP contribution in [-0.4, -0.2) is 23.9 Å². The average Bonchev–Trinajstić information content (AvgIpc) is 2.88. The Morgan fingerprint density at radius 3 is 2.54 bits per heavy atom. The molecule has 0 spiro atoms. The van der Waals surface area contributed by atoms with Crippen LogP contribution in [0.25, 0.3) is 6.08 Å². The molecule has 3 heteroatoms. The molecule has 0 saturated carbocycles. The van der Waals surface area contributed by atoms with Gasteiger partial charge >= 0.3 is 0 Å². The van der Waals surface area contributed by atoms with Crippen molar-refractivity contribution in [2.45, 2.75) is 25.2 Å². The minimum Gasteiger partial charge on any atom is -0.339 e. The van der Waals surface area contributed by atoms with Gasteiger partial charge in [-0.15, -0.1) is 0 Å². The summed E-state index contributed by atoms with van der Waals surface area (Å²) in [5.74, 6) is 0.523. The van der Waals surface area contributed by atoms with E-state index in [2.05, 4.69) is 24.3 Å². The van der Waals surface area contributed by atoms with Gasteiger partial charge in [-0.3, -0.25) is 4.79 Å². The molecule has 124 valence electrons. The van der Waals surface area contributed by atoms with Gasteiger partial charge in [-0.2, -0.15) is 0 Å². The highest BCUT2D eigenvalue weighted by Gasteiger charge is 2.21. The smallest absolute Gasteiger partial charge is 0.246 e. The highest BCUT2D eigenvalue weighted by Crippen LogP contribution is 2.26. The van der Waals surface area contributed by atoms with Crippen LogP contribution in [-0.2, 0) is 4.79 Å². The van der Waals surface area contributed by atoms with Crippen molar-refractivity contribution in [3.05, 3.63) is 76.8 Å². The van der Waals surface area contributed by atoms with Gasteiger partial charge in [0.2, 0.25) is 5.91 Å². The minimum absolute atomic E-state index is 0.0905. The van der Waals surface area contributed by atoms with E-state index in [0.717, 1.165) is 31.5 Å². The molecular formula is C21H22ClNO. The topological polar surface area (TPSA) is 20.3 Å². The van der Waals surface area contributed by atoms with E-state index in [4.69, 9.17) is 11.6 Å². The zero-order chi connectivity index (χ0) is 16.8. The fourth-order valence-corrected chi connectivity index (χ4v) is 3.31. The van der Waals surface area contributed by atoms with Gasteiger partial charge in [0.1, 0.15) is 0 Å². The zero-order valence-electron chi connectivity index (χ0n) is 13.7. The van der Waals surface area contributed by atoms with Crippen molar-refractivity contribution < 1.29 is 4.79 Å². The fourth-order valence-electron chi connectivity index (χ4n) is 3.19. The molecular weight excluding hydrogens is 318 g/mol. The van der Waals surface area contributed by atoms with E-state index in [9.17, 15) is 4.79 Å². The number of carbonyl (C=O) groups excluding carboxylic acids is 1. The summed E-state index contributed by atoms with van der Waals surface area (Å²) in [5, 5.41) is 0.705. The molecule has 1 unspecified atom stereocenters. The van der Waals surface area contributed by atoms with Gasteiger partial charge in [0, 0.05) is 30.1 Å². The van der Waals surface area contributed by atoms with Crippen molar-refractivity contribution in [1.29, 1.82) is 0 Å². The number of nitrogens with zero attached hydrogens (tertiary/aromatic N) is 1. The van der Waals surface area contributed by atoms with Crippen molar-refractivity contribution in [1.82, 2.24) is 4.90 Å². The van der Waals surface area contributed by atoms with Gasteiger partial charge in [0.25, 0.3) is 0 Å². The number of likely N-dealkylation sites (tertiary alicyclic amines) is 1. The van der Waals surface area contributed by atoms with Gasteiger partial charge < -0.3 is 4.90 Å². The van der Waals surface area contributed by atoms with Gasteiger partial charge in [-0.25, -0.2) is 0 Å². The Labute approximate surface area is 148 Å². The molecule has 0 radical (unpaired) electrons. The molecule has 0 aliphatic carbocycles. The van der Waals surface area contributed by atoms with Crippen molar-refractivity contribution in [2.24, 2.45) is 0 Å². The second-order valence-electron chi connectivity index (χ2n) is 6.27. The van der Waals surface area contributed by atoms with E-state index < -0.39 is 0 Å². The molecule has 24 heavy (non-hydrogen) atoms. The molecule has 2 nitrogen and oxygen atoms in total. The van der Waals surface area contributed by atoms with Crippen LogP contribution >= 0.6 is 11.6 Å². The Kier molecular flexibility index (Phi) is 5.71. The summed E-state index contributed by atoms with van der Waals surface area (Å²) in [6, 6.07) is 18.0. The lowest BCUT2D eigenvalue weighted by Gasteiger charge is -2.23. The van der Waals surface area contributed by atoms with Crippen molar-refractivity contribution in [3.63, 3.8) is 0 Å². The Balaban J connectivity index is 1.68. The quantitative estimate of drug-likeness (QED) is 0.708. The first-order chi connectivity index (χ1) is 11.7. The van der Waals surface area contributed by atoms with Crippen LogP contribution in [0.1, 0.15) is 36.3 Å². The minimum atomic E-state index is 0.0905. The maximum absolute atomic E-state index is 12.6. The predicted molar refractivity (Wildman–Crippen MR) is 100 cm³/mol. The number of amides is 1. The standard InChI is InChI=1S/C21H22ClNO/c22-20-12-9-17(10-13-20)11-14-21(24)23-15-5-4-8-19(16-23)18-6-2-1-3-7-18/h1-3,6-7,9-14,19H,4-5,8,15-16H2/b14-11+. The molecule has 0 N–H and O–H groups in total. The molecule has 0 bridgehead atoms. The van der Waals surface area contributed by atoms with Crippen LogP contribution in [0.3, 0.4) is 0 Å². The van der Waals surface area contributed by atoms with Crippen LogP contribution < -0.4 is 0 Å². The summed E-state index contributed by atoms with van der Waals surface area (Å²) < 4.78 is 0. The summed E-state index contributed by atoms with van der Waals surface area (Å²) in [6.45, 7) is 1.64. The first-order valence-corrected chi connectivity index (χ1v) is 8.88. The molecule has 1 saturated heterocycles. The summed E-state index contributed by atoms with van der Waals surface area (Å²) in [5.41, 5.74) is 2.32. The number of halogens is 1. The van der Waals surface area contributed by atoms with Crippen LogP contribution in [0.15, 0.2) is 60.7 Å². The molecule has 2 aromatic rings. The highest BCUT2D eigenvalue weighted by molar-refractivity contribution is 6.30. The van der Waals surface area contributed by atoms with Gasteiger partial charge in [-0.1, -0.05) is 60.5 Å². The van der Waals surface area contributed by atoms with E-state index in [1.54, 1.807) is 6.08 Å². The molecule has 1 amide bonds. The van der Waals surface area contributed by atoms with E-state index in [0.29, 0.717) is 10.9 Å². The number of rotatable bonds is 3. The first kappa shape index (κ1) is 16.8. The molecule has 1 fully saturated rings. The normalized spacial score (nSPS) is 18.5. The van der Waals surface area contributed by atoms with E-state index in [1.807, 2.05) is 41.3 Å². The molecule has 1 aliphatic heterocycles. The Morgan fingerprint density at radius 1 is 1.04 bits per heavy atom. The third-order valence-electron chi connectivity index (χ3n) is 4.54. The number of benzene rings is 2. The highest BCUT2D eigenvalue weighted by atomic mass is 35.5. The Morgan fingerprint density at radius 2 is 1.79 bits per heavy atom. The Hall–Kier alpha value is -2.06. The van der Waals surface area contributed by atoms with Crippen LogP contribution in [0.5, 0.6) is 0 Å². The fraction of sp³-hybridized carbons (Fsp3) is 0.286. The van der Waals surface area contributed by atoms with Gasteiger partial charge in [0.15, 0.2) is 0 Å². The lowest BCUT2D eigenvalue weighted by atomic mass is 9.94. The third kappa shape index (κ3) is 4.48. The van der Waals surface area contributed by atoms with Crippen LogP contribution in [0.2, 0.25) is 5.02 Å². The summed E-state index contributed by atoms with van der Waals surface area (Å²) in [6.07, 6.45) is 6.93.